The molecule has 0 unspecified atom stereocenters. The zero-order chi connectivity index (χ0) is 14.4. The molecule has 1 aromatic carbocycles. The summed E-state index contributed by atoms with van der Waals surface area (Å²) >= 11 is 0. The normalized spacial score (nSPS) is 14.6. The minimum atomic E-state index is -0.0390. The van der Waals surface area contributed by atoms with Gasteiger partial charge in [0.1, 0.15) is 0 Å². The van der Waals surface area contributed by atoms with Crippen LogP contribution in [-0.2, 0) is 5.41 Å². The number of benzene rings is 1. The van der Waals surface area contributed by atoms with Crippen LogP contribution in [0.5, 0.6) is 0 Å². The molecule has 0 spiro atoms. The monoisotopic (exact) mass is 273 g/mol. The fraction of sp³-hybridized carbons (Fsp3) is 0.167. The van der Waals surface area contributed by atoms with E-state index in [-0.39, 0.29) is 5.41 Å². The molecule has 3 aromatic rings. The highest BCUT2D eigenvalue weighted by Crippen LogP contribution is 2.47. The molecule has 4 rings (SSSR count). The Morgan fingerprint density at radius 1 is 0.905 bits per heavy atom. The Morgan fingerprint density at radius 2 is 1.67 bits per heavy atom. The zero-order valence-electron chi connectivity index (χ0n) is 12.0. The molecule has 3 nitrogen and oxygen atoms in total. The summed E-state index contributed by atoms with van der Waals surface area (Å²) in [4.78, 5) is 13.4. The molecule has 0 saturated carbocycles. The van der Waals surface area contributed by atoms with Crippen LogP contribution in [0.4, 0.5) is 0 Å². The molecule has 0 atom stereocenters. The summed E-state index contributed by atoms with van der Waals surface area (Å²) in [5.74, 6) is 0.753. The Morgan fingerprint density at radius 3 is 2.48 bits per heavy atom. The topological polar surface area (TPSA) is 38.7 Å². The van der Waals surface area contributed by atoms with Gasteiger partial charge < -0.3 is 0 Å². The van der Waals surface area contributed by atoms with Gasteiger partial charge in [-0.2, -0.15) is 0 Å². The molecule has 0 fully saturated rings. The summed E-state index contributed by atoms with van der Waals surface area (Å²) in [7, 11) is 0. The Bertz CT molecular complexity index is 823. The lowest BCUT2D eigenvalue weighted by molar-refractivity contribution is 0.655. The van der Waals surface area contributed by atoms with E-state index < -0.39 is 0 Å². The fourth-order valence-electron chi connectivity index (χ4n) is 3.06. The summed E-state index contributed by atoms with van der Waals surface area (Å²) in [6, 6.07) is 12.4. The lowest BCUT2D eigenvalue weighted by atomic mass is 9.83. The molecule has 0 bridgehead atoms. The third-order valence-corrected chi connectivity index (χ3v) is 4.26. The number of nitrogens with zero attached hydrogens (tertiary/aromatic N) is 3. The van der Waals surface area contributed by atoms with E-state index in [2.05, 4.69) is 48.1 Å². The maximum atomic E-state index is 4.82. The van der Waals surface area contributed by atoms with E-state index in [0.29, 0.717) is 0 Å². The van der Waals surface area contributed by atoms with E-state index in [0.717, 1.165) is 17.1 Å². The van der Waals surface area contributed by atoms with Crippen LogP contribution in [0.25, 0.3) is 22.6 Å². The first-order valence-electron chi connectivity index (χ1n) is 7.06. The predicted molar refractivity (Wildman–Crippen MR) is 82.8 cm³/mol. The van der Waals surface area contributed by atoms with Gasteiger partial charge in [-0.3, -0.25) is 4.98 Å². The molecule has 0 N–H and O–H groups in total. The van der Waals surface area contributed by atoms with Crippen molar-refractivity contribution in [2.24, 2.45) is 0 Å². The number of rotatable bonds is 1. The highest BCUT2D eigenvalue weighted by atomic mass is 14.9. The third-order valence-electron chi connectivity index (χ3n) is 4.26. The summed E-state index contributed by atoms with van der Waals surface area (Å²) in [6.45, 7) is 4.46. The molecular weight excluding hydrogens is 258 g/mol. The molecule has 102 valence electrons. The van der Waals surface area contributed by atoms with Gasteiger partial charge in [-0.05, 0) is 17.7 Å². The van der Waals surface area contributed by atoms with Crippen LogP contribution in [0.2, 0.25) is 0 Å². The van der Waals surface area contributed by atoms with Gasteiger partial charge in [-0.1, -0.05) is 38.1 Å². The second-order valence-electron chi connectivity index (χ2n) is 5.86. The first-order chi connectivity index (χ1) is 10.2. The zero-order valence-corrected chi connectivity index (χ0v) is 12.0. The van der Waals surface area contributed by atoms with Crippen molar-refractivity contribution >= 4 is 0 Å². The highest BCUT2D eigenvalue weighted by molar-refractivity contribution is 5.78. The van der Waals surface area contributed by atoms with Crippen LogP contribution in [0.3, 0.4) is 0 Å². The highest BCUT2D eigenvalue weighted by Gasteiger charge is 2.36. The van der Waals surface area contributed by atoms with Crippen LogP contribution >= 0.6 is 0 Å². The summed E-state index contributed by atoms with van der Waals surface area (Å²) < 4.78 is 0. The molecule has 0 radical (unpaired) electrons. The number of aromatic nitrogens is 3. The van der Waals surface area contributed by atoms with E-state index in [1.165, 1.54) is 16.7 Å². The van der Waals surface area contributed by atoms with Gasteiger partial charge in [0.2, 0.25) is 0 Å². The average molecular weight is 273 g/mol. The Balaban J connectivity index is 1.96. The van der Waals surface area contributed by atoms with Gasteiger partial charge in [0.05, 0.1) is 5.69 Å². The molecule has 1 aliphatic rings. The molecule has 0 saturated heterocycles. The Hall–Kier alpha value is -2.55. The van der Waals surface area contributed by atoms with Gasteiger partial charge in [0, 0.05) is 40.7 Å². The van der Waals surface area contributed by atoms with E-state index in [4.69, 9.17) is 4.98 Å². The molecule has 2 heterocycles. The smallest absolute Gasteiger partial charge is 0.159 e. The predicted octanol–water partition coefficient (Wildman–Crippen LogP) is 3.84. The van der Waals surface area contributed by atoms with Crippen LogP contribution in [0.15, 0.2) is 55.0 Å². The lowest BCUT2D eigenvalue weighted by Crippen LogP contribution is -2.15. The largest absolute Gasteiger partial charge is 0.265 e. The van der Waals surface area contributed by atoms with Crippen molar-refractivity contribution in [3.8, 4) is 22.6 Å². The third kappa shape index (κ3) is 1.70. The van der Waals surface area contributed by atoms with Gasteiger partial charge in [-0.25, -0.2) is 9.97 Å². The van der Waals surface area contributed by atoms with Crippen LogP contribution in [-0.4, -0.2) is 15.0 Å². The van der Waals surface area contributed by atoms with Crippen LogP contribution in [0, 0.1) is 0 Å². The molecule has 21 heavy (non-hydrogen) atoms. The molecule has 1 aliphatic carbocycles. The van der Waals surface area contributed by atoms with E-state index in [9.17, 15) is 0 Å². The minimum absolute atomic E-state index is 0.0390. The first-order valence-corrected chi connectivity index (χ1v) is 7.06. The van der Waals surface area contributed by atoms with Crippen molar-refractivity contribution in [3.63, 3.8) is 0 Å². The number of hydrogen-bond acceptors (Lipinski definition) is 3. The number of hydrogen-bond donors (Lipinski definition) is 0. The van der Waals surface area contributed by atoms with Crippen molar-refractivity contribution in [2.45, 2.75) is 19.3 Å². The molecular formula is C18H15N3. The molecule has 2 aromatic heterocycles. The van der Waals surface area contributed by atoms with Crippen molar-refractivity contribution in [1.82, 2.24) is 15.0 Å². The van der Waals surface area contributed by atoms with Gasteiger partial charge in [-0.15, -0.1) is 0 Å². The second kappa shape index (κ2) is 4.22. The minimum Gasteiger partial charge on any atom is -0.265 e. The van der Waals surface area contributed by atoms with Crippen molar-refractivity contribution in [3.05, 3.63) is 66.1 Å². The quantitative estimate of drug-likeness (QED) is 0.676. The van der Waals surface area contributed by atoms with Crippen molar-refractivity contribution in [2.75, 3.05) is 0 Å². The van der Waals surface area contributed by atoms with Crippen LogP contribution < -0.4 is 0 Å². The summed E-state index contributed by atoms with van der Waals surface area (Å²) in [5, 5.41) is 0. The first kappa shape index (κ1) is 12.2. The average Bonchev–Trinajstić information content (AvgIpc) is 2.77. The second-order valence-corrected chi connectivity index (χ2v) is 5.86. The fourth-order valence-corrected chi connectivity index (χ4v) is 3.06. The van der Waals surface area contributed by atoms with E-state index in [1.54, 1.807) is 12.4 Å². The molecule has 0 aliphatic heterocycles. The maximum Gasteiger partial charge on any atom is 0.159 e. The standard InChI is InChI=1S/C18H15N3/c1-18(2)14-6-4-3-5-13(14)16-15(18)11-20-17(21-16)12-7-9-19-10-8-12/h3-11H,1-2H3. The van der Waals surface area contributed by atoms with Gasteiger partial charge in [0.15, 0.2) is 5.82 Å². The maximum absolute atomic E-state index is 4.82. The Labute approximate surface area is 123 Å². The number of fused-ring (bicyclic) bond motifs is 3. The molecule has 0 amide bonds. The van der Waals surface area contributed by atoms with Crippen molar-refractivity contribution < 1.29 is 0 Å². The van der Waals surface area contributed by atoms with Crippen molar-refractivity contribution in [1.29, 1.82) is 0 Å². The molecule has 3 heteroatoms. The van der Waals surface area contributed by atoms with Gasteiger partial charge in [0.25, 0.3) is 0 Å². The van der Waals surface area contributed by atoms with Gasteiger partial charge >= 0.3 is 0 Å². The van der Waals surface area contributed by atoms with E-state index in [1.807, 2.05) is 18.3 Å². The Kier molecular flexibility index (Phi) is 2.45. The van der Waals surface area contributed by atoms with Crippen LogP contribution in [0.1, 0.15) is 25.0 Å². The SMILES string of the molecule is CC1(C)c2ccccc2-c2nc(-c3ccncc3)ncc21. The summed E-state index contributed by atoms with van der Waals surface area (Å²) in [5.41, 5.74) is 5.74. The van der Waals surface area contributed by atoms with E-state index >= 15 is 0 Å². The number of pyridine rings is 1. The lowest BCUT2D eigenvalue weighted by Gasteiger charge is -2.20. The summed E-state index contributed by atoms with van der Waals surface area (Å²) in [6.07, 6.45) is 5.51.